The normalized spacial score (nSPS) is 15.5. The number of aromatic nitrogens is 4. The number of halogens is 1. The maximum atomic E-state index is 14.1. The molecule has 11 nitrogen and oxygen atoms in total. The summed E-state index contributed by atoms with van der Waals surface area (Å²) in [4.78, 5) is 30.4. The van der Waals surface area contributed by atoms with Gasteiger partial charge in [0.05, 0.1) is 18.9 Å². The third kappa shape index (κ3) is 6.43. The molecule has 1 N–H and O–H groups in total. The molecule has 1 fully saturated rings. The fourth-order valence-corrected chi connectivity index (χ4v) is 4.72. The van der Waals surface area contributed by atoms with Crippen LogP contribution in [0.4, 0.5) is 10.1 Å². The molecule has 1 aliphatic rings. The number of anilines is 1. The first-order chi connectivity index (χ1) is 19.8. The maximum Gasteiger partial charge on any atom is 0.251 e. The lowest BCUT2D eigenvalue weighted by Crippen LogP contribution is -2.46. The van der Waals surface area contributed by atoms with Gasteiger partial charge in [0, 0.05) is 18.7 Å². The van der Waals surface area contributed by atoms with Gasteiger partial charge in [-0.25, -0.2) is 4.39 Å². The number of hydrogen-bond acceptors (Lipinski definition) is 8. The van der Waals surface area contributed by atoms with Gasteiger partial charge in [-0.05, 0) is 86.0 Å². The van der Waals surface area contributed by atoms with Crippen molar-refractivity contribution < 1.29 is 27.9 Å². The highest BCUT2D eigenvalue weighted by Gasteiger charge is 2.37. The number of benzene rings is 2. The summed E-state index contributed by atoms with van der Waals surface area (Å²) in [7, 11) is 1.49. The Morgan fingerprint density at radius 2 is 1.98 bits per heavy atom. The highest BCUT2D eigenvalue weighted by atomic mass is 19.1. The van der Waals surface area contributed by atoms with E-state index < -0.39 is 23.7 Å². The predicted molar refractivity (Wildman–Crippen MR) is 147 cm³/mol. The monoisotopic (exact) mass is 562 g/mol. The van der Waals surface area contributed by atoms with Gasteiger partial charge in [-0.15, -0.1) is 10.2 Å². The molecule has 0 aliphatic carbocycles. The zero-order chi connectivity index (χ0) is 28.9. The Labute approximate surface area is 236 Å². The van der Waals surface area contributed by atoms with E-state index in [-0.39, 0.29) is 24.2 Å². The van der Waals surface area contributed by atoms with E-state index in [1.54, 1.807) is 31.2 Å². The fourth-order valence-electron chi connectivity index (χ4n) is 4.72. The number of hydrogen-bond donors (Lipinski definition) is 1. The van der Waals surface area contributed by atoms with E-state index in [9.17, 15) is 14.0 Å². The number of nitrogens with one attached hydrogen (secondary N) is 1. The SMILES string of the molecule is COc1ccc(C)cc1N(C(=O)Cn1nnc(-c2ccc(F)cc2)n1)[C@H](C(=O)NC[C@@H]1CCCO1)c1ccc(C)o1. The second-order valence-corrected chi connectivity index (χ2v) is 9.82. The number of furan rings is 1. The van der Waals surface area contributed by atoms with Gasteiger partial charge in [-0.2, -0.15) is 4.80 Å². The average Bonchev–Trinajstić information content (AvgIpc) is 3.74. The maximum absolute atomic E-state index is 14.1. The second-order valence-electron chi connectivity index (χ2n) is 9.82. The summed E-state index contributed by atoms with van der Waals surface area (Å²) in [5, 5.41) is 15.3. The molecule has 2 aromatic heterocycles. The Kier molecular flexibility index (Phi) is 8.39. The molecule has 0 bridgehead atoms. The highest BCUT2D eigenvalue weighted by molar-refractivity contribution is 6.02. The number of amides is 2. The topological polar surface area (TPSA) is 125 Å². The Morgan fingerprint density at radius 3 is 2.66 bits per heavy atom. The van der Waals surface area contributed by atoms with Crippen molar-refractivity contribution in [1.82, 2.24) is 25.5 Å². The van der Waals surface area contributed by atoms with Crippen molar-refractivity contribution >= 4 is 17.5 Å². The number of aryl methyl sites for hydroxylation is 2. The molecular formula is C29H31FN6O5. The Hall–Kier alpha value is -4.58. The van der Waals surface area contributed by atoms with Crippen LogP contribution in [0, 0.1) is 19.7 Å². The van der Waals surface area contributed by atoms with Gasteiger partial charge in [-0.1, -0.05) is 6.07 Å². The highest BCUT2D eigenvalue weighted by Crippen LogP contribution is 2.36. The standard InChI is InChI=1S/C29H31FN6O5/c1-18-6-12-24(39-3)23(15-18)36(26(37)17-35-33-28(32-34-35)20-8-10-21(30)11-9-20)27(25-13-7-19(2)41-25)29(38)31-16-22-5-4-14-40-22/h6-13,15,22,27H,4-5,14,16-17H2,1-3H3,(H,31,38)/t22-,27-/m0/s1. The number of nitrogens with zero attached hydrogens (tertiary/aromatic N) is 5. The smallest absolute Gasteiger partial charge is 0.251 e. The molecular weight excluding hydrogens is 531 g/mol. The van der Waals surface area contributed by atoms with E-state index in [0.717, 1.165) is 23.2 Å². The van der Waals surface area contributed by atoms with E-state index in [2.05, 4.69) is 20.7 Å². The minimum Gasteiger partial charge on any atom is -0.495 e. The van der Waals surface area contributed by atoms with Crippen LogP contribution in [0.5, 0.6) is 5.75 Å². The molecule has 5 rings (SSSR count). The Bertz CT molecular complexity index is 1510. The van der Waals surface area contributed by atoms with Gasteiger partial charge in [0.25, 0.3) is 11.8 Å². The van der Waals surface area contributed by atoms with Crippen molar-refractivity contribution in [3.63, 3.8) is 0 Å². The third-order valence-corrected chi connectivity index (χ3v) is 6.76. The molecule has 3 heterocycles. The summed E-state index contributed by atoms with van der Waals surface area (Å²) in [5.74, 6) is 0.141. The molecule has 1 aliphatic heterocycles. The van der Waals surface area contributed by atoms with E-state index in [1.165, 1.54) is 36.3 Å². The van der Waals surface area contributed by atoms with Crippen LogP contribution in [-0.2, 0) is 20.9 Å². The molecule has 2 aromatic carbocycles. The van der Waals surface area contributed by atoms with Gasteiger partial charge < -0.3 is 19.2 Å². The molecule has 41 heavy (non-hydrogen) atoms. The van der Waals surface area contributed by atoms with Crippen LogP contribution < -0.4 is 15.0 Å². The lowest BCUT2D eigenvalue weighted by Gasteiger charge is -2.31. The summed E-state index contributed by atoms with van der Waals surface area (Å²) in [6.07, 6.45) is 1.67. The Morgan fingerprint density at radius 1 is 1.17 bits per heavy atom. The molecule has 12 heteroatoms. The first-order valence-corrected chi connectivity index (χ1v) is 13.3. The number of carbonyl (C=O) groups excluding carboxylic acids is 2. The van der Waals surface area contributed by atoms with Gasteiger partial charge in [0.15, 0.2) is 6.04 Å². The second kappa shape index (κ2) is 12.3. The van der Waals surface area contributed by atoms with Crippen LogP contribution in [0.15, 0.2) is 59.0 Å². The van der Waals surface area contributed by atoms with Crippen LogP contribution in [-0.4, -0.2) is 58.4 Å². The summed E-state index contributed by atoms with van der Waals surface area (Å²) in [6.45, 7) is 4.25. The number of methoxy groups -OCH3 is 1. The zero-order valence-corrected chi connectivity index (χ0v) is 23.0. The average molecular weight is 563 g/mol. The number of ether oxygens (including phenoxy) is 2. The van der Waals surface area contributed by atoms with Crippen molar-refractivity contribution in [3.05, 3.63) is 77.5 Å². The first kappa shape index (κ1) is 28.0. The van der Waals surface area contributed by atoms with Crippen LogP contribution in [0.3, 0.4) is 0 Å². The Balaban J connectivity index is 1.51. The van der Waals surface area contributed by atoms with Crippen molar-refractivity contribution in [3.8, 4) is 17.1 Å². The number of rotatable bonds is 10. The molecule has 1 saturated heterocycles. The van der Waals surface area contributed by atoms with Gasteiger partial charge >= 0.3 is 0 Å². The molecule has 4 aromatic rings. The van der Waals surface area contributed by atoms with Crippen LogP contribution >= 0.6 is 0 Å². The van der Waals surface area contributed by atoms with Crippen molar-refractivity contribution in [2.24, 2.45) is 0 Å². The van der Waals surface area contributed by atoms with Gasteiger partial charge in [-0.3, -0.25) is 14.5 Å². The predicted octanol–water partition coefficient (Wildman–Crippen LogP) is 3.77. The quantitative estimate of drug-likeness (QED) is 0.310. The van der Waals surface area contributed by atoms with E-state index in [0.29, 0.717) is 35.9 Å². The van der Waals surface area contributed by atoms with Crippen molar-refractivity contribution in [2.75, 3.05) is 25.2 Å². The van der Waals surface area contributed by atoms with Gasteiger partial charge in [0.2, 0.25) is 5.82 Å². The van der Waals surface area contributed by atoms with E-state index in [4.69, 9.17) is 13.9 Å². The van der Waals surface area contributed by atoms with Crippen LogP contribution in [0.25, 0.3) is 11.4 Å². The summed E-state index contributed by atoms with van der Waals surface area (Å²) < 4.78 is 30.6. The fraction of sp³-hybridized carbons (Fsp3) is 0.345. The van der Waals surface area contributed by atoms with Crippen molar-refractivity contribution in [2.45, 2.75) is 45.4 Å². The molecule has 0 unspecified atom stereocenters. The van der Waals surface area contributed by atoms with Crippen LogP contribution in [0.1, 0.15) is 36.0 Å². The molecule has 2 amide bonds. The largest absolute Gasteiger partial charge is 0.495 e. The van der Waals surface area contributed by atoms with Crippen molar-refractivity contribution in [1.29, 1.82) is 0 Å². The molecule has 2 atom stereocenters. The molecule has 0 saturated carbocycles. The number of carbonyl (C=O) groups is 2. The van der Waals surface area contributed by atoms with E-state index >= 15 is 0 Å². The molecule has 0 radical (unpaired) electrons. The van der Waals surface area contributed by atoms with Gasteiger partial charge in [0.1, 0.15) is 29.6 Å². The third-order valence-electron chi connectivity index (χ3n) is 6.76. The summed E-state index contributed by atoms with van der Waals surface area (Å²) >= 11 is 0. The lowest BCUT2D eigenvalue weighted by molar-refractivity contribution is -0.127. The van der Waals surface area contributed by atoms with E-state index in [1.807, 2.05) is 13.0 Å². The summed E-state index contributed by atoms with van der Waals surface area (Å²) in [5.41, 5.74) is 1.77. The number of tetrazole rings is 1. The summed E-state index contributed by atoms with van der Waals surface area (Å²) in [6, 6.07) is 13.2. The van der Waals surface area contributed by atoms with Crippen LogP contribution in [0.2, 0.25) is 0 Å². The lowest BCUT2D eigenvalue weighted by atomic mass is 10.1. The first-order valence-electron chi connectivity index (χ1n) is 13.3. The zero-order valence-electron chi connectivity index (χ0n) is 23.0. The molecule has 214 valence electrons. The minimum absolute atomic E-state index is 0.0974. The minimum atomic E-state index is -1.17. The molecule has 0 spiro atoms.